The van der Waals surface area contributed by atoms with E-state index in [1.54, 1.807) is 17.7 Å². The van der Waals surface area contributed by atoms with Crippen LogP contribution in [0.15, 0.2) is 54.2 Å². The van der Waals surface area contributed by atoms with Gasteiger partial charge in [-0.1, -0.05) is 18.2 Å². The predicted octanol–water partition coefficient (Wildman–Crippen LogP) is 6.83. The highest BCUT2D eigenvalue weighted by Gasteiger charge is 2.16. The number of nitrogens with one attached hydrogen (secondary N) is 1. The molecule has 1 N–H and O–H groups in total. The lowest BCUT2D eigenvalue weighted by Gasteiger charge is -2.21. The number of rotatable bonds is 6. The molecule has 4 aromatic rings. The summed E-state index contributed by atoms with van der Waals surface area (Å²) in [4.78, 5) is 12.5. The summed E-state index contributed by atoms with van der Waals surface area (Å²) in [5, 5.41) is 6.87. The van der Waals surface area contributed by atoms with Crippen LogP contribution in [0.5, 0.6) is 0 Å². The summed E-state index contributed by atoms with van der Waals surface area (Å²) < 4.78 is 0. The van der Waals surface area contributed by atoms with Gasteiger partial charge in [-0.05, 0) is 80.5 Å². The fourth-order valence-corrected chi connectivity index (χ4v) is 5.48. The van der Waals surface area contributed by atoms with Crippen molar-refractivity contribution in [3.05, 3.63) is 65.3 Å². The molecule has 0 saturated carbocycles. The van der Waals surface area contributed by atoms with Crippen LogP contribution in [0.3, 0.4) is 0 Å². The van der Waals surface area contributed by atoms with E-state index in [2.05, 4.69) is 81.9 Å². The summed E-state index contributed by atoms with van der Waals surface area (Å²) in [5.41, 5.74) is 7.78. The van der Waals surface area contributed by atoms with Crippen molar-refractivity contribution in [2.45, 2.75) is 39.5 Å². The third kappa shape index (κ3) is 3.90. The molecule has 1 aliphatic carbocycles. The van der Waals surface area contributed by atoms with Gasteiger partial charge in [-0.15, -0.1) is 11.3 Å². The summed E-state index contributed by atoms with van der Waals surface area (Å²) in [7, 11) is 0. The van der Waals surface area contributed by atoms with Crippen molar-refractivity contribution in [3.8, 4) is 11.1 Å². The van der Waals surface area contributed by atoms with Crippen LogP contribution in [0.25, 0.3) is 21.3 Å². The van der Waals surface area contributed by atoms with Crippen LogP contribution in [0.2, 0.25) is 0 Å². The van der Waals surface area contributed by atoms with Crippen LogP contribution < -0.4 is 10.2 Å². The Labute approximate surface area is 188 Å². The van der Waals surface area contributed by atoms with Crippen LogP contribution in [0, 0.1) is 0 Å². The fourth-order valence-electron chi connectivity index (χ4n) is 4.56. The Morgan fingerprint density at radius 3 is 2.48 bits per heavy atom. The number of benzene rings is 2. The van der Waals surface area contributed by atoms with Gasteiger partial charge in [0.15, 0.2) is 0 Å². The molecule has 0 unspecified atom stereocenters. The third-order valence-corrected chi connectivity index (χ3v) is 7.17. The highest BCUT2D eigenvalue weighted by molar-refractivity contribution is 7.17. The summed E-state index contributed by atoms with van der Waals surface area (Å²) in [6.07, 6.45) is 6.65. The quantitative estimate of drug-likeness (QED) is 0.365. The van der Waals surface area contributed by atoms with Gasteiger partial charge in [0.1, 0.15) is 17.0 Å². The van der Waals surface area contributed by atoms with E-state index in [0.717, 1.165) is 34.8 Å². The van der Waals surface area contributed by atoms with E-state index in [9.17, 15) is 0 Å². The average molecular weight is 429 g/mol. The van der Waals surface area contributed by atoms with Crippen molar-refractivity contribution in [3.63, 3.8) is 0 Å². The van der Waals surface area contributed by atoms with Gasteiger partial charge < -0.3 is 10.2 Å². The number of aryl methyl sites for hydroxylation is 2. The van der Waals surface area contributed by atoms with Crippen molar-refractivity contribution < 1.29 is 0 Å². The Morgan fingerprint density at radius 1 is 0.935 bits per heavy atom. The normalized spacial score (nSPS) is 13.2. The standard InChI is InChI=1S/C26H28N4S/c1-3-30(4-2)22-13-11-21(12-14-22)29-25-24-23(16-31-26(24)28-17-27-25)20-10-9-18-7-5-6-8-19(18)15-20/h9-17H,3-8H2,1-2H3,(H,27,28,29). The van der Waals surface area contributed by atoms with Gasteiger partial charge in [-0.2, -0.15) is 0 Å². The number of thiophene rings is 1. The molecule has 0 atom stereocenters. The molecule has 5 rings (SSSR count). The minimum atomic E-state index is 0.870. The lowest BCUT2D eigenvalue weighted by Crippen LogP contribution is -2.21. The second-order valence-electron chi connectivity index (χ2n) is 8.09. The summed E-state index contributed by atoms with van der Waals surface area (Å²) >= 11 is 1.69. The molecule has 2 aromatic carbocycles. The van der Waals surface area contributed by atoms with Gasteiger partial charge in [-0.3, -0.25) is 0 Å². The van der Waals surface area contributed by atoms with Gasteiger partial charge in [-0.25, -0.2) is 9.97 Å². The van der Waals surface area contributed by atoms with E-state index in [-0.39, 0.29) is 0 Å². The first kappa shape index (κ1) is 20.0. The van der Waals surface area contributed by atoms with E-state index >= 15 is 0 Å². The summed E-state index contributed by atoms with van der Waals surface area (Å²) in [6, 6.07) is 15.6. The zero-order valence-electron chi connectivity index (χ0n) is 18.2. The molecule has 0 saturated heterocycles. The second kappa shape index (κ2) is 8.67. The second-order valence-corrected chi connectivity index (χ2v) is 8.94. The molecule has 2 aromatic heterocycles. The SMILES string of the molecule is CCN(CC)c1ccc(Nc2ncnc3scc(-c4ccc5c(c4)CCCC5)c23)cc1. The van der Waals surface area contributed by atoms with Crippen LogP contribution in [-0.2, 0) is 12.8 Å². The third-order valence-electron chi connectivity index (χ3n) is 6.29. The number of hydrogen-bond acceptors (Lipinski definition) is 5. The van der Waals surface area contributed by atoms with E-state index in [1.807, 2.05) is 0 Å². The lowest BCUT2D eigenvalue weighted by atomic mass is 9.89. The number of hydrogen-bond donors (Lipinski definition) is 1. The zero-order valence-corrected chi connectivity index (χ0v) is 19.0. The molecule has 0 aliphatic heterocycles. The van der Waals surface area contributed by atoms with E-state index in [4.69, 9.17) is 0 Å². The monoisotopic (exact) mass is 428 g/mol. The molecule has 0 spiro atoms. The van der Waals surface area contributed by atoms with E-state index in [1.165, 1.54) is 53.6 Å². The maximum atomic E-state index is 4.61. The molecule has 2 heterocycles. The van der Waals surface area contributed by atoms with Gasteiger partial charge in [0.05, 0.1) is 5.39 Å². The molecule has 0 fully saturated rings. The van der Waals surface area contributed by atoms with Gasteiger partial charge in [0.25, 0.3) is 0 Å². The van der Waals surface area contributed by atoms with Crippen molar-refractivity contribution in [2.24, 2.45) is 0 Å². The van der Waals surface area contributed by atoms with Crippen molar-refractivity contribution in [1.29, 1.82) is 0 Å². The Morgan fingerprint density at radius 2 is 1.71 bits per heavy atom. The fraction of sp³-hybridized carbons (Fsp3) is 0.308. The molecular weight excluding hydrogens is 400 g/mol. The van der Waals surface area contributed by atoms with E-state index < -0.39 is 0 Å². The minimum Gasteiger partial charge on any atom is -0.372 e. The Bertz CT molecular complexity index is 1190. The molecule has 31 heavy (non-hydrogen) atoms. The van der Waals surface area contributed by atoms with Crippen LogP contribution >= 0.6 is 11.3 Å². The average Bonchev–Trinajstić information content (AvgIpc) is 3.26. The first-order chi connectivity index (χ1) is 15.3. The Balaban J connectivity index is 1.50. The smallest absolute Gasteiger partial charge is 0.143 e. The predicted molar refractivity (Wildman–Crippen MR) is 133 cm³/mol. The van der Waals surface area contributed by atoms with Crippen molar-refractivity contribution in [1.82, 2.24) is 9.97 Å². The molecule has 0 radical (unpaired) electrons. The first-order valence-corrected chi connectivity index (χ1v) is 12.1. The van der Waals surface area contributed by atoms with Gasteiger partial charge in [0.2, 0.25) is 0 Å². The molecule has 5 heteroatoms. The molecular formula is C26H28N4S. The maximum absolute atomic E-state index is 4.61. The van der Waals surface area contributed by atoms with Crippen LogP contribution in [0.1, 0.15) is 37.8 Å². The zero-order chi connectivity index (χ0) is 21.2. The molecule has 0 bridgehead atoms. The highest BCUT2D eigenvalue weighted by Crippen LogP contribution is 2.38. The molecule has 1 aliphatic rings. The number of fused-ring (bicyclic) bond motifs is 2. The van der Waals surface area contributed by atoms with Gasteiger partial charge in [0, 0.05) is 35.4 Å². The van der Waals surface area contributed by atoms with Crippen LogP contribution in [0.4, 0.5) is 17.2 Å². The van der Waals surface area contributed by atoms with Crippen LogP contribution in [-0.4, -0.2) is 23.1 Å². The van der Waals surface area contributed by atoms with Gasteiger partial charge >= 0.3 is 0 Å². The molecule has 4 nitrogen and oxygen atoms in total. The van der Waals surface area contributed by atoms with Crippen molar-refractivity contribution >= 4 is 38.7 Å². The highest BCUT2D eigenvalue weighted by atomic mass is 32.1. The minimum absolute atomic E-state index is 0.870. The van der Waals surface area contributed by atoms with Crippen molar-refractivity contribution in [2.75, 3.05) is 23.3 Å². The number of aromatic nitrogens is 2. The maximum Gasteiger partial charge on any atom is 0.143 e. The molecule has 158 valence electrons. The Kier molecular flexibility index (Phi) is 5.60. The lowest BCUT2D eigenvalue weighted by molar-refractivity contribution is 0.686. The molecule has 0 amide bonds. The number of nitrogens with zero attached hydrogens (tertiary/aromatic N) is 3. The summed E-state index contributed by atoms with van der Waals surface area (Å²) in [6.45, 7) is 6.39. The topological polar surface area (TPSA) is 41.0 Å². The van der Waals surface area contributed by atoms with E-state index in [0.29, 0.717) is 0 Å². The largest absolute Gasteiger partial charge is 0.372 e. The number of anilines is 3. The first-order valence-electron chi connectivity index (χ1n) is 11.2. The Hall–Kier alpha value is -2.92. The summed E-state index contributed by atoms with van der Waals surface area (Å²) in [5.74, 6) is 0.870.